The van der Waals surface area contributed by atoms with Crippen molar-refractivity contribution < 1.29 is 4.79 Å². The first-order valence-corrected chi connectivity index (χ1v) is 5.40. The normalized spacial score (nSPS) is 11.3. The fourth-order valence-corrected chi connectivity index (χ4v) is 1.59. The number of fused-ring (bicyclic) bond motifs is 1. The number of aromatic nitrogens is 2. The fourth-order valence-electron chi connectivity index (χ4n) is 1.59. The monoisotopic (exact) mass is 240 g/mol. The van der Waals surface area contributed by atoms with E-state index < -0.39 is 0 Å². The average Bonchev–Trinajstić information content (AvgIpc) is 2.71. The average molecular weight is 240 g/mol. The van der Waals surface area contributed by atoms with E-state index in [-0.39, 0.29) is 11.4 Å². The Morgan fingerprint density at radius 2 is 2.33 bits per heavy atom. The summed E-state index contributed by atoms with van der Waals surface area (Å²) < 4.78 is 1.92. The summed E-state index contributed by atoms with van der Waals surface area (Å²) >= 11 is 0. The molecule has 0 atom stereocenters. The zero-order valence-corrected chi connectivity index (χ0v) is 10.1. The molecule has 0 amide bonds. The summed E-state index contributed by atoms with van der Waals surface area (Å²) in [5, 5.41) is 11.7. The van der Waals surface area contributed by atoms with Gasteiger partial charge in [-0.1, -0.05) is 0 Å². The van der Waals surface area contributed by atoms with Gasteiger partial charge in [0.05, 0.1) is 17.4 Å². The maximum atomic E-state index is 11.1. The number of rotatable bonds is 3. The highest BCUT2D eigenvalue weighted by molar-refractivity contribution is 5.97. The van der Waals surface area contributed by atoms with Crippen LogP contribution in [-0.2, 0) is 11.8 Å². The lowest BCUT2D eigenvalue weighted by atomic mass is 10.2. The molecule has 2 rings (SSSR count). The molecule has 2 aromatic rings. The summed E-state index contributed by atoms with van der Waals surface area (Å²) in [7, 11) is 1.92. The van der Waals surface area contributed by atoms with Gasteiger partial charge in [0, 0.05) is 18.9 Å². The van der Waals surface area contributed by atoms with E-state index in [1.807, 2.05) is 35.9 Å². The van der Waals surface area contributed by atoms with Gasteiger partial charge in [-0.05, 0) is 25.1 Å². The van der Waals surface area contributed by atoms with Crippen molar-refractivity contribution in [2.45, 2.75) is 6.92 Å². The van der Waals surface area contributed by atoms with Crippen LogP contribution in [0.5, 0.6) is 0 Å². The molecular formula is C13H12N4O. The molecule has 5 heteroatoms. The van der Waals surface area contributed by atoms with Crippen LogP contribution < -0.4 is 5.32 Å². The first-order chi connectivity index (χ1) is 8.61. The molecule has 1 N–H and O–H groups in total. The van der Waals surface area contributed by atoms with Crippen molar-refractivity contribution in [2.75, 3.05) is 5.32 Å². The molecule has 0 fully saturated rings. The Morgan fingerprint density at radius 3 is 3.00 bits per heavy atom. The topological polar surface area (TPSA) is 70.7 Å². The number of ketones is 1. The van der Waals surface area contributed by atoms with E-state index in [0.29, 0.717) is 0 Å². The molecule has 0 saturated carbocycles. The molecule has 0 saturated heterocycles. The lowest BCUT2D eigenvalue weighted by Gasteiger charge is -2.01. The predicted octanol–water partition coefficient (Wildman–Crippen LogP) is 1.98. The van der Waals surface area contributed by atoms with Crippen molar-refractivity contribution >= 4 is 22.5 Å². The molecule has 0 radical (unpaired) electrons. The zero-order chi connectivity index (χ0) is 13.1. The number of anilines is 1. The number of hydrogen-bond donors (Lipinski definition) is 1. The quantitative estimate of drug-likeness (QED) is 0.657. The van der Waals surface area contributed by atoms with E-state index >= 15 is 0 Å². The third kappa shape index (κ3) is 2.23. The Hall–Kier alpha value is -2.61. The van der Waals surface area contributed by atoms with Gasteiger partial charge in [-0.15, -0.1) is 0 Å². The Labute approximate surface area is 104 Å². The molecule has 1 heterocycles. The minimum absolute atomic E-state index is 0.0936. The summed E-state index contributed by atoms with van der Waals surface area (Å²) in [6, 6.07) is 7.50. The summed E-state index contributed by atoms with van der Waals surface area (Å²) in [4.78, 5) is 15.3. The Bertz CT molecular complexity index is 676. The van der Waals surface area contributed by atoms with Gasteiger partial charge in [0.1, 0.15) is 11.6 Å². The summed E-state index contributed by atoms with van der Waals surface area (Å²) in [6.45, 7) is 1.36. The highest BCUT2D eigenvalue weighted by atomic mass is 16.1. The number of carbonyl (C=O) groups excluding carboxylic acids is 1. The number of nitriles is 1. The Morgan fingerprint density at radius 1 is 1.56 bits per heavy atom. The highest BCUT2D eigenvalue weighted by Crippen LogP contribution is 2.17. The van der Waals surface area contributed by atoms with Gasteiger partial charge in [0.25, 0.3) is 0 Å². The molecule has 0 aliphatic carbocycles. The van der Waals surface area contributed by atoms with Crippen LogP contribution in [0.1, 0.15) is 6.92 Å². The number of nitrogens with zero attached hydrogens (tertiary/aromatic N) is 3. The minimum atomic E-state index is -0.260. The number of carbonyl (C=O) groups is 1. The second-order valence-corrected chi connectivity index (χ2v) is 3.93. The van der Waals surface area contributed by atoms with Gasteiger partial charge in [-0.2, -0.15) is 5.26 Å². The van der Waals surface area contributed by atoms with Crippen LogP contribution in [0, 0.1) is 11.3 Å². The third-order valence-electron chi connectivity index (χ3n) is 2.61. The molecular weight excluding hydrogens is 228 g/mol. The molecule has 0 aliphatic rings. The van der Waals surface area contributed by atoms with E-state index in [4.69, 9.17) is 5.26 Å². The van der Waals surface area contributed by atoms with E-state index in [0.717, 1.165) is 16.7 Å². The lowest BCUT2D eigenvalue weighted by Crippen LogP contribution is -1.98. The molecule has 0 spiro atoms. The van der Waals surface area contributed by atoms with Gasteiger partial charge in [-0.25, -0.2) is 4.98 Å². The SMILES string of the molecule is CC(=O)/C(C#N)=C\Nc1ccc2c(c1)ncn2C. The molecule has 0 unspecified atom stereocenters. The van der Waals surface area contributed by atoms with Crippen molar-refractivity contribution in [1.82, 2.24) is 9.55 Å². The first-order valence-electron chi connectivity index (χ1n) is 5.40. The van der Waals surface area contributed by atoms with Crippen molar-refractivity contribution in [3.63, 3.8) is 0 Å². The second-order valence-electron chi connectivity index (χ2n) is 3.93. The number of benzene rings is 1. The second kappa shape index (κ2) is 4.72. The zero-order valence-electron chi connectivity index (χ0n) is 10.1. The molecule has 1 aromatic carbocycles. The predicted molar refractivity (Wildman–Crippen MR) is 68.7 cm³/mol. The van der Waals surface area contributed by atoms with Crippen LogP contribution >= 0.6 is 0 Å². The number of nitrogens with one attached hydrogen (secondary N) is 1. The van der Waals surface area contributed by atoms with Gasteiger partial charge >= 0.3 is 0 Å². The largest absolute Gasteiger partial charge is 0.360 e. The molecule has 0 aliphatic heterocycles. The van der Waals surface area contributed by atoms with Crippen molar-refractivity contribution in [3.8, 4) is 6.07 Å². The van der Waals surface area contributed by atoms with E-state index in [1.165, 1.54) is 13.1 Å². The van der Waals surface area contributed by atoms with E-state index in [1.54, 1.807) is 6.33 Å². The smallest absolute Gasteiger partial charge is 0.171 e. The minimum Gasteiger partial charge on any atom is -0.360 e. The third-order valence-corrected chi connectivity index (χ3v) is 2.61. The van der Waals surface area contributed by atoms with E-state index in [9.17, 15) is 4.79 Å². The van der Waals surface area contributed by atoms with E-state index in [2.05, 4.69) is 10.3 Å². The van der Waals surface area contributed by atoms with Crippen LogP contribution in [0.25, 0.3) is 11.0 Å². The summed E-state index contributed by atoms with van der Waals surface area (Å²) in [5.41, 5.74) is 2.76. The first kappa shape index (κ1) is 11.9. The number of aryl methyl sites for hydroxylation is 1. The van der Waals surface area contributed by atoms with Crippen molar-refractivity contribution in [3.05, 3.63) is 36.3 Å². The van der Waals surface area contributed by atoms with Crippen LogP contribution in [-0.4, -0.2) is 15.3 Å². The van der Waals surface area contributed by atoms with Gasteiger partial charge in [0.2, 0.25) is 0 Å². The molecule has 18 heavy (non-hydrogen) atoms. The van der Waals surface area contributed by atoms with Gasteiger partial charge in [-0.3, -0.25) is 4.79 Å². The number of imidazole rings is 1. The molecule has 5 nitrogen and oxygen atoms in total. The lowest BCUT2D eigenvalue weighted by molar-refractivity contribution is -0.113. The van der Waals surface area contributed by atoms with Crippen LogP contribution in [0.2, 0.25) is 0 Å². The van der Waals surface area contributed by atoms with Crippen molar-refractivity contribution in [1.29, 1.82) is 5.26 Å². The summed E-state index contributed by atoms with van der Waals surface area (Å²) in [5.74, 6) is -0.260. The Kier molecular flexibility index (Phi) is 3.11. The van der Waals surface area contributed by atoms with Crippen LogP contribution in [0.4, 0.5) is 5.69 Å². The van der Waals surface area contributed by atoms with Crippen LogP contribution in [0.15, 0.2) is 36.3 Å². The number of hydrogen-bond acceptors (Lipinski definition) is 4. The Balaban J connectivity index is 2.28. The number of Topliss-reactive ketones (excluding diaryl/α,β-unsaturated/α-hetero) is 1. The standard InChI is InChI=1S/C13H12N4O/c1-9(18)10(6-14)7-15-11-3-4-13-12(5-11)16-8-17(13)2/h3-5,7-8,15H,1-2H3/b10-7-. The summed E-state index contributed by atoms with van der Waals surface area (Å²) in [6.07, 6.45) is 3.15. The van der Waals surface area contributed by atoms with Gasteiger partial charge < -0.3 is 9.88 Å². The molecule has 0 bridgehead atoms. The van der Waals surface area contributed by atoms with Crippen molar-refractivity contribution in [2.24, 2.45) is 7.05 Å². The maximum absolute atomic E-state index is 11.1. The molecule has 90 valence electrons. The maximum Gasteiger partial charge on any atom is 0.171 e. The van der Waals surface area contributed by atoms with Gasteiger partial charge in [0.15, 0.2) is 5.78 Å². The number of allylic oxidation sites excluding steroid dienone is 1. The fraction of sp³-hybridized carbons (Fsp3) is 0.154. The highest BCUT2D eigenvalue weighted by Gasteiger charge is 2.03. The van der Waals surface area contributed by atoms with Crippen LogP contribution in [0.3, 0.4) is 0 Å². The molecule has 1 aromatic heterocycles.